The molecule has 1 heterocycles. The third-order valence-electron chi connectivity index (χ3n) is 2.40. The van der Waals surface area contributed by atoms with Gasteiger partial charge in [0, 0.05) is 18.7 Å². The molecule has 0 fully saturated rings. The van der Waals surface area contributed by atoms with Crippen LogP contribution in [0.1, 0.15) is 26.7 Å². The molecule has 0 bridgehead atoms. The van der Waals surface area contributed by atoms with Crippen LogP contribution in [-0.2, 0) is 19.1 Å². The topological polar surface area (TPSA) is 63.7 Å². The predicted octanol–water partition coefficient (Wildman–Crippen LogP) is 0.891. The van der Waals surface area contributed by atoms with Crippen molar-refractivity contribution < 1.29 is 19.1 Å². The second-order valence-electron chi connectivity index (χ2n) is 4.31. The third kappa shape index (κ3) is 4.38. The summed E-state index contributed by atoms with van der Waals surface area (Å²) in [6.07, 6.45) is 3.27. The first-order chi connectivity index (χ1) is 8.00. The quantitative estimate of drug-likeness (QED) is 0.510. The molecule has 0 atom stereocenters. The number of nitrogens with zero attached hydrogens (tertiary/aromatic N) is 1. The van der Waals surface area contributed by atoms with Crippen LogP contribution in [0.3, 0.4) is 0 Å². The summed E-state index contributed by atoms with van der Waals surface area (Å²) in [4.78, 5) is 34.7. The van der Waals surface area contributed by atoms with Gasteiger partial charge in [0.2, 0.25) is 0 Å². The van der Waals surface area contributed by atoms with Crippen LogP contribution >= 0.6 is 0 Å². The normalized spacial score (nSPS) is 14.9. The van der Waals surface area contributed by atoms with Gasteiger partial charge in [-0.3, -0.25) is 19.3 Å². The molecule has 0 saturated carbocycles. The fourth-order valence-electron chi connectivity index (χ4n) is 1.34. The number of hydrogen-bond donors (Lipinski definition) is 0. The van der Waals surface area contributed by atoms with Gasteiger partial charge >= 0.3 is 5.97 Å². The lowest BCUT2D eigenvalue weighted by Crippen LogP contribution is -2.32. The van der Waals surface area contributed by atoms with Gasteiger partial charge in [0.15, 0.2) is 0 Å². The van der Waals surface area contributed by atoms with E-state index in [0.717, 1.165) is 11.3 Å². The zero-order valence-corrected chi connectivity index (χ0v) is 10.1. The lowest BCUT2D eigenvalue weighted by Gasteiger charge is -2.13. The number of imide groups is 1. The Morgan fingerprint density at radius 1 is 1.29 bits per heavy atom. The summed E-state index contributed by atoms with van der Waals surface area (Å²) >= 11 is 0. The molecule has 1 aliphatic heterocycles. The molecule has 1 rings (SSSR count). The number of rotatable bonds is 6. The summed E-state index contributed by atoms with van der Waals surface area (Å²) < 4.78 is 4.97. The highest BCUT2D eigenvalue weighted by molar-refractivity contribution is 6.12. The second kappa shape index (κ2) is 6.18. The molecule has 0 radical (unpaired) electrons. The molecule has 0 unspecified atom stereocenters. The summed E-state index contributed by atoms with van der Waals surface area (Å²) in [6, 6.07) is 0. The van der Waals surface area contributed by atoms with Crippen LogP contribution in [0.4, 0.5) is 0 Å². The van der Waals surface area contributed by atoms with Crippen LogP contribution in [-0.4, -0.2) is 35.8 Å². The maximum absolute atomic E-state index is 11.3. The standard InChI is InChI=1S/C12H17NO4/c1-9(2)6-8-17-12(16)5-7-13-10(14)3-4-11(13)15/h3-4,9H,5-8H2,1-2H3. The van der Waals surface area contributed by atoms with Crippen LogP contribution in [0.25, 0.3) is 0 Å². The van der Waals surface area contributed by atoms with Crippen molar-refractivity contribution >= 4 is 17.8 Å². The number of amides is 2. The van der Waals surface area contributed by atoms with Gasteiger partial charge in [-0.15, -0.1) is 0 Å². The van der Waals surface area contributed by atoms with E-state index in [4.69, 9.17) is 4.74 Å². The Labute approximate surface area is 100 Å². The summed E-state index contributed by atoms with van der Waals surface area (Å²) in [5.41, 5.74) is 0. The van der Waals surface area contributed by atoms with E-state index in [9.17, 15) is 14.4 Å². The Bertz CT molecular complexity index is 328. The maximum Gasteiger partial charge on any atom is 0.307 e. The minimum Gasteiger partial charge on any atom is -0.466 e. The number of ether oxygens (including phenoxy) is 1. The highest BCUT2D eigenvalue weighted by Crippen LogP contribution is 2.05. The van der Waals surface area contributed by atoms with E-state index in [0.29, 0.717) is 12.5 Å². The molecular formula is C12H17NO4. The zero-order chi connectivity index (χ0) is 12.8. The molecule has 17 heavy (non-hydrogen) atoms. The second-order valence-corrected chi connectivity index (χ2v) is 4.31. The van der Waals surface area contributed by atoms with Gasteiger partial charge in [-0.05, 0) is 12.3 Å². The molecule has 0 saturated heterocycles. The van der Waals surface area contributed by atoms with E-state index in [1.165, 1.54) is 12.2 Å². The largest absolute Gasteiger partial charge is 0.466 e. The Balaban J connectivity index is 2.20. The Kier molecular flexibility index (Phi) is 4.87. The summed E-state index contributed by atoms with van der Waals surface area (Å²) in [5.74, 6) is -0.637. The van der Waals surface area contributed by atoms with E-state index in [1.54, 1.807) is 0 Å². The van der Waals surface area contributed by atoms with Crippen LogP contribution in [0.2, 0.25) is 0 Å². The van der Waals surface area contributed by atoms with E-state index < -0.39 is 0 Å². The highest BCUT2D eigenvalue weighted by Gasteiger charge is 2.23. The average molecular weight is 239 g/mol. The average Bonchev–Trinajstić information content (AvgIpc) is 2.55. The zero-order valence-electron chi connectivity index (χ0n) is 10.1. The summed E-state index contributed by atoms with van der Waals surface area (Å²) in [7, 11) is 0. The molecule has 0 aromatic heterocycles. The van der Waals surface area contributed by atoms with Gasteiger partial charge in [0.1, 0.15) is 0 Å². The molecule has 0 N–H and O–H groups in total. The van der Waals surface area contributed by atoms with Crippen LogP contribution < -0.4 is 0 Å². The van der Waals surface area contributed by atoms with Crippen LogP contribution in [0.15, 0.2) is 12.2 Å². The van der Waals surface area contributed by atoms with Crippen molar-refractivity contribution in [2.24, 2.45) is 5.92 Å². The van der Waals surface area contributed by atoms with Crippen molar-refractivity contribution in [1.82, 2.24) is 4.90 Å². The summed E-state index contributed by atoms with van der Waals surface area (Å²) in [6.45, 7) is 4.56. The van der Waals surface area contributed by atoms with Crippen molar-refractivity contribution in [1.29, 1.82) is 0 Å². The van der Waals surface area contributed by atoms with Crippen molar-refractivity contribution in [2.45, 2.75) is 26.7 Å². The van der Waals surface area contributed by atoms with Crippen molar-refractivity contribution in [2.75, 3.05) is 13.2 Å². The van der Waals surface area contributed by atoms with E-state index in [-0.39, 0.29) is 30.7 Å². The van der Waals surface area contributed by atoms with Gasteiger partial charge in [-0.2, -0.15) is 0 Å². The molecule has 94 valence electrons. The van der Waals surface area contributed by atoms with E-state index in [2.05, 4.69) is 0 Å². The SMILES string of the molecule is CC(C)CCOC(=O)CCN1C(=O)C=CC1=O. The molecule has 1 aliphatic rings. The predicted molar refractivity (Wildman–Crippen MR) is 60.9 cm³/mol. The maximum atomic E-state index is 11.3. The Morgan fingerprint density at radius 3 is 2.41 bits per heavy atom. The monoisotopic (exact) mass is 239 g/mol. The lowest BCUT2D eigenvalue weighted by molar-refractivity contribution is -0.145. The van der Waals surface area contributed by atoms with Crippen LogP contribution in [0, 0.1) is 5.92 Å². The smallest absolute Gasteiger partial charge is 0.307 e. The first-order valence-corrected chi connectivity index (χ1v) is 5.70. The van der Waals surface area contributed by atoms with Crippen LogP contribution in [0.5, 0.6) is 0 Å². The summed E-state index contributed by atoms with van der Waals surface area (Å²) in [5, 5.41) is 0. The first-order valence-electron chi connectivity index (χ1n) is 5.70. The molecule has 0 aliphatic carbocycles. The van der Waals surface area contributed by atoms with Gasteiger partial charge in [0.25, 0.3) is 11.8 Å². The third-order valence-corrected chi connectivity index (χ3v) is 2.40. The molecule has 5 heteroatoms. The van der Waals surface area contributed by atoms with Gasteiger partial charge < -0.3 is 4.74 Å². The number of carbonyl (C=O) groups excluding carboxylic acids is 3. The molecule has 0 spiro atoms. The van der Waals surface area contributed by atoms with Crippen molar-refractivity contribution in [3.05, 3.63) is 12.2 Å². The minimum absolute atomic E-state index is 0.0528. The van der Waals surface area contributed by atoms with Gasteiger partial charge in [0.05, 0.1) is 13.0 Å². The lowest BCUT2D eigenvalue weighted by atomic mass is 10.1. The molecule has 2 amide bonds. The van der Waals surface area contributed by atoms with Gasteiger partial charge in [-0.1, -0.05) is 13.8 Å². The minimum atomic E-state index is -0.377. The molecule has 0 aromatic rings. The number of carbonyl (C=O) groups is 3. The number of esters is 1. The van der Waals surface area contributed by atoms with E-state index >= 15 is 0 Å². The van der Waals surface area contributed by atoms with Crippen molar-refractivity contribution in [3.63, 3.8) is 0 Å². The molecular weight excluding hydrogens is 222 g/mol. The molecule has 0 aromatic carbocycles. The fourth-order valence-corrected chi connectivity index (χ4v) is 1.34. The highest BCUT2D eigenvalue weighted by atomic mass is 16.5. The Morgan fingerprint density at radius 2 is 1.88 bits per heavy atom. The first kappa shape index (κ1) is 13.4. The molecule has 5 nitrogen and oxygen atoms in total. The Hall–Kier alpha value is -1.65. The van der Waals surface area contributed by atoms with Gasteiger partial charge in [-0.25, -0.2) is 0 Å². The number of hydrogen-bond acceptors (Lipinski definition) is 4. The van der Waals surface area contributed by atoms with Crippen molar-refractivity contribution in [3.8, 4) is 0 Å². The fraction of sp³-hybridized carbons (Fsp3) is 0.583. The van der Waals surface area contributed by atoms with E-state index in [1.807, 2.05) is 13.8 Å².